The van der Waals surface area contributed by atoms with Crippen LogP contribution in [0.3, 0.4) is 0 Å². The molecule has 1 atom stereocenters. The standard InChI is InChI=1S/C26H37N3O4S/c1-5-8-9-10-11-16-28(20-12-14-21(15-13-20)34-22(6-2)26(32)33)25(31)18-29-23(7-3)27-19(4)17-24(29)30/h12-15,17,22H,5-11,16,18H2,1-4H3,(H,32,33). The van der Waals surface area contributed by atoms with Gasteiger partial charge in [0.15, 0.2) is 0 Å². The summed E-state index contributed by atoms with van der Waals surface area (Å²) < 4.78 is 1.46. The summed E-state index contributed by atoms with van der Waals surface area (Å²) in [5.41, 5.74) is 1.18. The minimum absolute atomic E-state index is 0.0579. The molecule has 1 amide bonds. The van der Waals surface area contributed by atoms with E-state index in [-0.39, 0.29) is 18.0 Å². The highest BCUT2D eigenvalue weighted by Gasteiger charge is 2.20. The molecule has 0 aliphatic rings. The maximum absolute atomic E-state index is 13.4. The summed E-state index contributed by atoms with van der Waals surface area (Å²) in [5, 5.41) is 8.82. The van der Waals surface area contributed by atoms with Gasteiger partial charge in [-0.2, -0.15) is 0 Å². The van der Waals surface area contributed by atoms with Gasteiger partial charge in [-0.1, -0.05) is 46.5 Å². The third-order valence-electron chi connectivity index (χ3n) is 5.68. The Hall–Kier alpha value is -2.61. The summed E-state index contributed by atoms with van der Waals surface area (Å²) in [6.45, 7) is 8.23. The number of aliphatic carboxylic acids is 1. The van der Waals surface area contributed by atoms with E-state index in [1.807, 2.05) is 38.1 Å². The number of carbonyl (C=O) groups is 2. The number of hydrogen-bond donors (Lipinski definition) is 1. The highest BCUT2D eigenvalue weighted by Crippen LogP contribution is 2.28. The molecule has 0 fully saturated rings. The van der Waals surface area contributed by atoms with E-state index >= 15 is 0 Å². The van der Waals surface area contributed by atoms with Crippen LogP contribution in [0.25, 0.3) is 0 Å². The molecule has 0 spiro atoms. The monoisotopic (exact) mass is 487 g/mol. The Balaban J connectivity index is 2.25. The smallest absolute Gasteiger partial charge is 0.316 e. The first-order chi connectivity index (χ1) is 16.3. The molecular weight excluding hydrogens is 450 g/mol. The number of benzene rings is 1. The van der Waals surface area contributed by atoms with E-state index in [4.69, 9.17) is 0 Å². The predicted molar refractivity (Wildman–Crippen MR) is 138 cm³/mol. The molecule has 1 unspecified atom stereocenters. The van der Waals surface area contributed by atoms with Crippen LogP contribution in [0.1, 0.15) is 70.8 Å². The van der Waals surface area contributed by atoms with Crippen LogP contribution >= 0.6 is 11.8 Å². The lowest BCUT2D eigenvalue weighted by Crippen LogP contribution is -2.38. The van der Waals surface area contributed by atoms with Crippen molar-refractivity contribution < 1.29 is 14.7 Å². The number of aryl methyl sites for hydroxylation is 2. The van der Waals surface area contributed by atoms with Crippen molar-refractivity contribution in [2.45, 2.75) is 89.3 Å². The molecule has 0 saturated carbocycles. The molecular formula is C26H37N3O4S. The molecule has 1 heterocycles. The summed E-state index contributed by atoms with van der Waals surface area (Å²) in [7, 11) is 0. The van der Waals surface area contributed by atoms with Crippen LogP contribution < -0.4 is 10.5 Å². The first-order valence-corrected chi connectivity index (χ1v) is 13.1. The van der Waals surface area contributed by atoms with Crippen molar-refractivity contribution in [3.8, 4) is 0 Å². The average Bonchev–Trinajstić information content (AvgIpc) is 2.81. The number of carboxylic acid groups (broad SMARTS) is 1. The molecule has 34 heavy (non-hydrogen) atoms. The predicted octanol–water partition coefficient (Wildman–Crippen LogP) is 5.07. The Morgan fingerprint density at radius 1 is 1.09 bits per heavy atom. The van der Waals surface area contributed by atoms with Crippen LogP contribution in [0, 0.1) is 6.92 Å². The van der Waals surface area contributed by atoms with Gasteiger partial charge in [-0.05, 0) is 44.0 Å². The van der Waals surface area contributed by atoms with Crippen LogP contribution in [0.2, 0.25) is 0 Å². The maximum atomic E-state index is 13.4. The van der Waals surface area contributed by atoms with Gasteiger partial charge >= 0.3 is 5.97 Å². The zero-order valence-electron chi connectivity index (χ0n) is 20.7. The summed E-state index contributed by atoms with van der Waals surface area (Å²) >= 11 is 1.31. The second kappa shape index (κ2) is 13.9. The molecule has 0 aliphatic carbocycles. The van der Waals surface area contributed by atoms with Gasteiger partial charge in [-0.15, -0.1) is 11.8 Å². The third kappa shape index (κ3) is 8.01. The number of thioether (sulfide) groups is 1. The molecule has 186 valence electrons. The second-order valence-electron chi connectivity index (χ2n) is 8.40. The molecule has 1 aromatic heterocycles. The van der Waals surface area contributed by atoms with Gasteiger partial charge in [0.25, 0.3) is 5.56 Å². The highest BCUT2D eigenvalue weighted by molar-refractivity contribution is 8.00. The Morgan fingerprint density at radius 2 is 1.76 bits per heavy atom. The molecule has 1 aromatic carbocycles. The summed E-state index contributed by atoms with van der Waals surface area (Å²) in [6, 6.07) is 8.90. The van der Waals surface area contributed by atoms with Crippen LogP contribution in [0.5, 0.6) is 0 Å². The van der Waals surface area contributed by atoms with Gasteiger partial charge in [0, 0.05) is 35.3 Å². The van der Waals surface area contributed by atoms with Gasteiger partial charge in [-0.3, -0.25) is 19.0 Å². The van der Waals surface area contributed by atoms with Crippen molar-refractivity contribution in [1.82, 2.24) is 9.55 Å². The second-order valence-corrected chi connectivity index (χ2v) is 9.67. The molecule has 0 saturated heterocycles. The number of amides is 1. The number of anilines is 1. The van der Waals surface area contributed by atoms with Gasteiger partial charge in [-0.25, -0.2) is 4.98 Å². The third-order valence-corrected chi connectivity index (χ3v) is 7.05. The van der Waals surface area contributed by atoms with E-state index in [9.17, 15) is 19.5 Å². The fourth-order valence-corrected chi connectivity index (χ4v) is 4.68. The van der Waals surface area contributed by atoms with E-state index in [0.29, 0.717) is 30.9 Å². The van der Waals surface area contributed by atoms with E-state index in [1.54, 1.807) is 11.8 Å². The van der Waals surface area contributed by atoms with Crippen molar-refractivity contribution in [1.29, 1.82) is 0 Å². The number of hydrogen-bond acceptors (Lipinski definition) is 5. The van der Waals surface area contributed by atoms with Gasteiger partial charge in [0.2, 0.25) is 5.91 Å². The Bertz CT molecular complexity index is 1000. The van der Waals surface area contributed by atoms with E-state index in [0.717, 1.165) is 36.3 Å². The Kier molecular flexibility index (Phi) is 11.3. The summed E-state index contributed by atoms with van der Waals surface area (Å²) in [4.78, 5) is 44.4. The summed E-state index contributed by atoms with van der Waals surface area (Å²) in [5.74, 6) is -0.382. The molecule has 7 nitrogen and oxygen atoms in total. The van der Waals surface area contributed by atoms with E-state index in [2.05, 4.69) is 11.9 Å². The number of carbonyl (C=O) groups excluding carboxylic acids is 1. The van der Waals surface area contributed by atoms with Crippen molar-refractivity contribution in [3.05, 3.63) is 52.2 Å². The maximum Gasteiger partial charge on any atom is 0.316 e. The van der Waals surface area contributed by atoms with Gasteiger partial charge in [0.1, 0.15) is 17.6 Å². The van der Waals surface area contributed by atoms with Crippen LogP contribution in [-0.2, 0) is 22.6 Å². The molecule has 2 rings (SSSR count). The average molecular weight is 488 g/mol. The van der Waals surface area contributed by atoms with E-state index in [1.165, 1.54) is 28.8 Å². The van der Waals surface area contributed by atoms with Crippen molar-refractivity contribution in [2.75, 3.05) is 11.4 Å². The quantitative estimate of drug-likeness (QED) is 0.295. The fraction of sp³-hybridized carbons (Fsp3) is 0.538. The lowest BCUT2D eigenvalue weighted by Gasteiger charge is -2.24. The minimum Gasteiger partial charge on any atom is -0.480 e. The largest absolute Gasteiger partial charge is 0.480 e. The topological polar surface area (TPSA) is 92.5 Å². The number of unbranched alkanes of at least 4 members (excludes halogenated alkanes) is 4. The van der Waals surface area contributed by atoms with Gasteiger partial charge < -0.3 is 10.0 Å². The lowest BCUT2D eigenvalue weighted by molar-refractivity contribution is -0.136. The molecule has 1 N–H and O–H groups in total. The number of nitrogens with zero attached hydrogens (tertiary/aromatic N) is 3. The zero-order chi connectivity index (χ0) is 25.1. The number of aromatic nitrogens is 2. The Morgan fingerprint density at radius 3 is 2.35 bits per heavy atom. The first-order valence-electron chi connectivity index (χ1n) is 12.2. The molecule has 0 radical (unpaired) electrons. The van der Waals surface area contributed by atoms with E-state index < -0.39 is 11.2 Å². The first kappa shape index (κ1) is 27.6. The van der Waals surface area contributed by atoms with Crippen molar-refractivity contribution >= 4 is 29.3 Å². The van der Waals surface area contributed by atoms with Crippen molar-refractivity contribution in [3.63, 3.8) is 0 Å². The van der Waals surface area contributed by atoms with Crippen LogP contribution in [-0.4, -0.2) is 38.3 Å². The normalized spacial score (nSPS) is 11.9. The van der Waals surface area contributed by atoms with Crippen LogP contribution in [0.15, 0.2) is 40.0 Å². The highest BCUT2D eigenvalue weighted by atomic mass is 32.2. The SMILES string of the molecule is CCCCCCCN(C(=O)Cn1c(CC)nc(C)cc1=O)c1ccc(SC(CC)C(=O)O)cc1. The number of rotatable bonds is 14. The molecule has 0 aliphatic heterocycles. The Labute approximate surface area is 206 Å². The van der Waals surface area contributed by atoms with Crippen LogP contribution in [0.4, 0.5) is 5.69 Å². The lowest BCUT2D eigenvalue weighted by atomic mass is 10.1. The fourth-order valence-electron chi connectivity index (χ4n) is 3.79. The number of carboxylic acids is 1. The molecule has 2 aromatic rings. The molecule has 0 bridgehead atoms. The van der Waals surface area contributed by atoms with Crippen molar-refractivity contribution in [2.24, 2.45) is 0 Å². The zero-order valence-corrected chi connectivity index (χ0v) is 21.6. The molecule has 8 heteroatoms. The summed E-state index contributed by atoms with van der Waals surface area (Å²) in [6.07, 6.45) is 6.46. The minimum atomic E-state index is -0.829. The van der Waals surface area contributed by atoms with Gasteiger partial charge in [0.05, 0.1) is 0 Å².